The Bertz CT molecular complexity index is 446. The van der Waals surface area contributed by atoms with Gasteiger partial charge in [0.1, 0.15) is 13.2 Å². The topological polar surface area (TPSA) is 116 Å². The molecule has 0 saturated carbocycles. The molecule has 0 unspecified atom stereocenters. The average Bonchev–Trinajstić information content (AvgIpc) is 2.39. The van der Waals surface area contributed by atoms with Crippen LogP contribution in [0.15, 0.2) is 23.8 Å². The fourth-order valence-corrected chi connectivity index (χ4v) is 0.887. The number of carbonyl (C=O) groups is 4. The molecule has 0 radical (unpaired) electrons. The number of hydrogen-bond acceptors (Lipinski definition) is 7. The minimum Gasteiger partial charge on any atom is -0.478 e. The van der Waals surface area contributed by atoms with Crippen LogP contribution >= 0.6 is 0 Å². The van der Waals surface area contributed by atoms with Crippen molar-refractivity contribution in [2.24, 2.45) is 0 Å². The third-order valence-corrected chi connectivity index (χ3v) is 1.78. The van der Waals surface area contributed by atoms with E-state index in [-0.39, 0.29) is 18.8 Å². The second-order valence-electron chi connectivity index (χ2n) is 3.33. The van der Waals surface area contributed by atoms with Crippen LogP contribution in [0, 0.1) is 0 Å². The van der Waals surface area contributed by atoms with Gasteiger partial charge in [-0.15, -0.1) is 0 Å². The Morgan fingerprint density at radius 1 is 1.00 bits per heavy atom. The molecule has 0 aromatic rings. The molecule has 0 amide bonds. The van der Waals surface area contributed by atoms with Gasteiger partial charge in [-0.2, -0.15) is 0 Å². The monoisotopic (exact) mass is 286 g/mol. The van der Waals surface area contributed by atoms with Crippen LogP contribution < -0.4 is 0 Å². The van der Waals surface area contributed by atoms with Crippen LogP contribution in [-0.2, 0) is 33.4 Å². The molecule has 0 atom stereocenters. The largest absolute Gasteiger partial charge is 0.478 e. The van der Waals surface area contributed by atoms with Gasteiger partial charge in [0.2, 0.25) is 0 Å². The van der Waals surface area contributed by atoms with Crippen molar-refractivity contribution in [1.29, 1.82) is 0 Å². The molecule has 8 nitrogen and oxygen atoms in total. The zero-order valence-electron chi connectivity index (χ0n) is 11.0. The van der Waals surface area contributed by atoms with E-state index in [1.165, 1.54) is 6.92 Å². The van der Waals surface area contributed by atoms with Gasteiger partial charge in [0.25, 0.3) is 0 Å². The summed E-state index contributed by atoms with van der Waals surface area (Å²) in [6, 6.07) is 0. The van der Waals surface area contributed by atoms with Crippen LogP contribution in [-0.4, -0.2) is 49.3 Å². The number of esters is 3. The molecule has 0 aromatic heterocycles. The zero-order chi connectivity index (χ0) is 15.5. The minimum atomic E-state index is -1.26. The third-order valence-electron chi connectivity index (χ3n) is 1.78. The van der Waals surface area contributed by atoms with Crippen molar-refractivity contribution >= 4 is 23.9 Å². The molecule has 0 bridgehead atoms. The van der Waals surface area contributed by atoms with E-state index in [0.717, 1.165) is 19.3 Å². The third kappa shape index (κ3) is 8.45. The SMILES string of the molecule is COC(=O)C=CC(=O)OCCOC(=O)C(C)=CC(=O)O. The van der Waals surface area contributed by atoms with Crippen LogP contribution in [0.25, 0.3) is 0 Å². The molecular weight excluding hydrogens is 272 g/mol. The highest BCUT2D eigenvalue weighted by atomic mass is 16.6. The number of hydrogen-bond donors (Lipinski definition) is 1. The summed E-state index contributed by atoms with van der Waals surface area (Å²) in [5, 5.41) is 8.40. The second-order valence-corrected chi connectivity index (χ2v) is 3.33. The van der Waals surface area contributed by atoms with Crippen molar-refractivity contribution in [2.75, 3.05) is 20.3 Å². The summed E-state index contributed by atoms with van der Waals surface area (Å²) < 4.78 is 13.5. The lowest BCUT2D eigenvalue weighted by Crippen LogP contribution is -2.14. The molecule has 20 heavy (non-hydrogen) atoms. The fraction of sp³-hybridized carbons (Fsp3) is 0.333. The van der Waals surface area contributed by atoms with Crippen LogP contribution in [0.4, 0.5) is 0 Å². The highest BCUT2D eigenvalue weighted by Crippen LogP contribution is 1.96. The zero-order valence-corrected chi connectivity index (χ0v) is 11.0. The Balaban J connectivity index is 3.95. The summed E-state index contributed by atoms with van der Waals surface area (Å²) in [7, 11) is 1.16. The first-order valence-electron chi connectivity index (χ1n) is 5.38. The molecule has 0 heterocycles. The van der Waals surface area contributed by atoms with E-state index in [1.54, 1.807) is 0 Å². The van der Waals surface area contributed by atoms with Crippen LogP contribution in [0.2, 0.25) is 0 Å². The lowest BCUT2D eigenvalue weighted by molar-refractivity contribution is -0.146. The van der Waals surface area contributed by atoms with Crippen molar-refractivity contribution in [3.05, 3.63) is 23.8 Å². The Labute approximate surface area is 114 Å². The van der Waals surface area contributed by atoms with Crippen LogP contribution in [0.3, 0.4) is 0 Å². The highest BCUT2D eigenvalue weighted by molar-refractivity contribution is 5.95. The van der Waals surface area contributed by atoms with Gasteiger partial charge in [-0.1, -0.05) is 0 Å². The van der Waals surface area contributed by atoms with Gasteiger partial charge in [0.05, 0.1) is 7.11 Å². The van der Waals surface area contributed by atoms with Crippen molar-refractivity contribution in [3.8, 4) is 0 Å². The minimum absolute atomic E-state index is 0.0885. The molecule has 0 fully saturated rings. The number of carboxylic acid groups (broad SMARTS) is 1. The Morgan fingerprint density at radius 3 is 2.10 bits per heavy atom. The fourth-order valence-electron chi connectivity index (χ4n) is 0.887. The Hall–Kier alpha value is -2.64. The summed E-state index contributed by atoms with van der Waals surface area (Å²) in [6.45, 7) is 0.819. The first-order chi connectivity index (χ1) is 9.36. The maximum Gasteiger partial charge on any atom is 0.334 e. The number of methoxy groups -OCH3 is 1. The van der Waals surface area contributed by atoms with E-state index >= 15 is 0 Å². The number of ether oxygens (including phenoxy) is 3. The molecule has 0 spiro atoms. The van der Waals surface area contributed by atoms with E-state index in [1.807, 2.05) is 0 Å². The summed E-state index contributed by atoms with van der Waals surface area (Å²) >= 11 is 0. The Kier molecular flexibility index (Phi) is 8.08. The van der Waals surface area contributed by atoms with Crippen molar-refractivity contribution < 1.29 is 38.5 Å². The van der Waals surface area contributed by atoms with Gasteiger partial charge in [0, 0.05) is 23.8 Å². The molecule has 0 aliphatic carbocycles. The smallest absolute Gasteiger partial charge is 0.334 e. The van der Waals surface area contributed by atoms with Crippen molar-refractivity contribution in [3.63, 3.8) is 0 Å². The molecule has 1 N–H and O–H groups in total. The first-order valence-corrected chi connectivity index (χ1v) is 5.38. The number of rotatable bonds is 7. The normalized spacial score (nSPS) is 11.0. The molecule has 110 valence electrons. The lowest BCUT2D eigenvalue weighted by Gasteiger charge is -2.04. The van der Waals surface area contributed by atoms with E-state index in [4.69, 9.17) is 5.11 Å². The summed E-state index contributed by atoms with van der Waals surface area (Å²) in [5.41, 5.74) is -0.0885. The lowest BCUT2D eigenvalue weighted by atomic mass is 10.3. The molecule has 0 aliphatic heterocycles. The predicted molar refractivity (Wildman–Crippen MR) is 64.5 cm³/mol. The molecule has 0 aromatic carbocycles. The van der Waals surface area contributed by atoms with Gasteiger partial charge >= 0.3 is 23.9 Å². The first kappa shape index (κ1) is 17.4. The summed E-state index contributed by atoms with van der Waals surface area (Å²) in [6.07, 6.45) is 2.45. The highest BCUT2D eigenvalue weighted by Gasteiger charge is 2.08. The summed E-state index contributed by atoms with van der Waals surface area (Å²) in [5.74, 6) is -3.60. The molecule has 0 saturated heterocycles. The van der Waals surface area contributed by atoms with Gasteiger partial charge < -0.3 is 19.3 Å². The van der Waals surface area contributed by atoms with E-state index in [0.29, 0.717) is 6.08 Å². The number of aliphatic carboxylic acids is 1. The predicted octanol–water partition coefficient (Wildman–Crippen LogP) is -0.167. The van der Waals surface area contributed by atoms with Crippen molar-refractivity contribution in [1.82, 2.24) is 0 Å². The maximum absolute atomic E-state index is 11.2. The molecular formula is C12H14O8. The van der Waals surface area contributed by atoms with Gasteiger partial charge in [-0.3, -0.25) is 0 Å². The van der Waals surface area contributed by atoms with Crippen LogP contribution in [0.1, 0.15) is 6.92 Å². The van der Waals surface area contributed by atoms with Gasteiger partial charge in [0.15, 0.2) is 0 Å². The summed E-state index contributed by atoms with van der Waals surface area (Å²) in [4.78, 5) is 43.2. The molecule has 8 heteroatoms. The van der Waals surface area contributed by atoms with E-state index < -0.39 is 23.9 Å². The van der Waals surface area contributed by atoms with Gasteiger partial charge in [-0.05, 0) is 6.92 Å². The van der Waals surface area contributed by atoms with E-state index in [9.17, 15) is 19.2 Å². The Morgan fingerprint density at radius 2 is 1.55 bits per heavy atom. The van der Waals surface area contributed by atoms with E-state index in [2.05, 4.69) is 14.2 Å². The number of carbonyl (C=O) groups excluding carboxylic acids is 3. The van der Waals surface area contributed by atoms with Gasteiger partial charge in [-0.25, -0.2) is 19.2 Å². The van der Waals surface area contributed by atoms with Crippen molar-refractivity contribution in [2.45, 2.75) is 6.92 Å². The second kappa shape index (κ2) is 9.31. The molecule has 0 rings (SSSR count). The quantitative estimate of drug-likeness (QED) is 0.297. The maximum atomic E-state index is 11.2. The van der Waals surface area contributed by atoms with Crippen LogP contribution in [0.5, 0.6) is 0 Å². The standard InChI is InChI=1S/C12H14O8/c1-8(7-9(13)14)12(17)20-6-5-19-11(16)4-3-10(15)18-2/h3-4,7H,5-6H2,1-2H3,(H,13,14). The molecule has 0 aliphatic rings. The average molecular weight is 286 g/mol. The number of carboxylic acids is 1.